The summed E-state index contributed by atoms with van der Waals surface area (Å²) in [7, 11) is 0. The highest BCUT2D eigenvalue weighted by Gasteiger charge is 2.35. The molecule has 27 heavy (non-hydrogen) atoms. The van der Waals surface area contributed by atoms with E-state index < -0.39 is 23.5 Å². The molecule has 0 N–H and O–H groups in total. The lowest BCUT2D eigenvalue weighted by Crippen LogP contribution is -2.30. The Labute approximate surface area is 152 Å². The van der Waals surface area contributed by atoms with Gasteiger partial charge in [0.2, 0.25) is 11.7 Å². The molecule has 0 unspecified atom stereocenters. The second-order valence-electron chi connectivity index (χ2n) is 6.25. The Morgan fingerprint density at radius 1 is 1.11 bits per heavy atom. The number of carbonyl (C=O) groups excluding carboxylic acids is 1. The van der Waals surface area contributed by atoms with Crippen LogP contribution in [0.3, 0.4) is 0 Å². The topological polar surface area (TPSA) is 59.2 Å². The second kappa shape index (κ2) is 6.86. The van der Waals surface area contributed by atoms with E-state index in [-0.39, 0.29) is 28.7 Å². The van der Waals surface area contributed by atoms with Gasteiger partial charge in [-0.2, -0.15) is 4.98 Å². The molecule has 0 saturated carbocycles. The Bertz CT molecular complexity index is 1010. The fraction of sp³-hybridized carbons (Fsp3) is 0.211. The highest BCUT2D eigenvalue weighted by Crippen LogP contribution is 2.33. The van der Waals surface area contributed by atoms with E-state index in [9.17, 15) is 18.0 Å². The first-order chi connectivity index (χ1) is 13.0. The molecule has 1 atom stereocenters. The first-order valence-corrected chi connectivity index (χ1v) is 8.38. The summed E-state index contributed by atoms with van der Waals surface area (Å²) in [5.41, 5.74) is 0.235. The first kappa shape index (κ1) is 17.3. The van der Waals surface area contributed by atoms with Crippen LogP contribution >= 0.6 is 0 Å². The minimum absolute atomic E-state index is 0.00686. The van der Waals surface area contributed by atoms with E-state index in [0.29, 0.717) is 19.4 Å². The molecule has 5 nitrogen and oxygen atoms in total. The van der Waals surface area contributed by atoms with Crippen LogP contribution in [0.15, 0.2) is 47.0 Å². The number of amides is 1. The summed E-state index contributed by atoms with van der Waals surface area (Å²) in [5.74, 6) is -2.21. The molecule has 1 fully saturated rings. The zero-order chi connectivity index (χ0) is 19.0. The number of rotatable bonds is 3. The molecule has 2 aromatic carbocycles. The van der Waals surface area contributed by atoms with E-state index in [2.05, 4.69) is 10.1 Å². The summed E-state index contributed by atoms with van der Waals surface area (Å²) in [4.78, 5) is 18.4. The van der Waals surface area contributed by atoms with Gasteiger partial charge in [-0.25, -0.2) is 13.2 Å². The van der Waals surface area contributed by atoms with Gasteiger partial charge in [0.05, 0.1) is 5.56 Å². The summed E-state index contributed by atoms with van der Waals surface area (Å²) in [6, 6.07) is 8.02. The third kappa shape index (κ3) is 3.30. The normalized spacial score (nSPS) is 16.7. The maximum Gasteiger partial charge on any atom is 0.254 e. The van der Waals surface area contributed by atoms with Gasteiger partial charge in [-0.1, -0.05) is 11.2 Å². The highest BCUT2D eigenvalue weighted by molar-refractivity contribution is 5.94. The number of halogens is 3. The van der Waals surface area contributed by atoms with Crippen LogP contribution in [0, 0.1) is 17.5 Å². The van der Waals surface area contributed by atoms with Gasteiger partial charge in [0.15, 0.2) is 0 Å². The molecule has 1 aliphatic heterocycles. The van der Waals surface area contributed by atoms with E-state index in [1.165, 1.54) is 35.2 Å². The van der Waals surface area contributed by atoms with Gasteiger partial charge in [0, 0.05) is 18.2 Å². The molecule has 0 aliphatic carbocycles. The maximum absolute atomic E-state index is 13.9. The third-order valence-corrected chi connectivity index (χ3v) is 4.48. The molecule has 4 rings (SSSR count). The minimum Gasteiger partial charge on any atom is -0.337 e. The van der Waals surface area contributed by atoms with Crippen molar-refractivity contribution in [3.8, 4) is 11.4 Å². The van der Waals surface area contributed by atoms with Crippen molar-refractivity contribution in [3.63, 3.8) is 0 Å². The summed E-state index contributed by atoms with van der Waals surface area (Å²) in [6.07, 6.45) is 1.31. The Balaban J connectivity index is 1.61. The third-order valence-electron chi connectivity index (χ3n) is 4.48. The SMILES string of the molecule is O=C(c1cccc(F)c1)N1CCC[C@H]1c1nc(-c2ccc(F)cc2F)no1. The van der Waals surface area contributed by atoms with E-state index in [1.54, 1.807) is 0 Å². The number of hydrogen-bond acceptors (Lipinski definition) is 4. The van der Waals surface area contributed by atoms with Crippen LogP contribution in [0.25, 0.3) is 11.4 Å². The van der Waals surface area contributed by atoms with Crippen molar-refractivity contribution in [3.05, 3.63) is 71.4 Å². The van der Waals surface area contributed by atoms with E-state index in [1.807, 2.05) is 0 Å². The lowest BCUT2D eigenvalue weighted by atomic mass is 10.1. The summed E-state index contributed by atoms with van der Waals surface area (Å²) >= 11 is 0. The van der Waals surface area contributed by atoms with Gasteiger partial charge in [-0.05, 0) is 43.2 Å². The van der Waals surface area contributed by atoms with Gasteiger partial charge < -0.3 is 9.42 Å². The Kier molecular flexibility index (Phi) is 4.39. The number of benzene rings is 2. The maximum atomic E-state index is 13.9. The van der Waals surface area contributed by atoms with Gasteiger partial charge >= 0.3 is 0 Å². The van der Waals surface area contributed by atoms with Gasteiger partial charge in [0.25, 0.3) is 5.91 Å². The molecule has 3 aromatic rings. The fourth-order valence-electron chi connectivity index (χ4n) is 3.20. The van der Waals surface area contributed by atoms with Crippen LogP contribution < -0.4 is 0 Å². The summed E-state index contributed by atoms with van der Waals surface area (Å²) in [5, 5.41) is 3.76. The standard InChI is InChI=1S/C19H14F3N3O2/c20-12-4-1-3-11(9-12)19(26)25-8-2-5-16(25)18-23-17(24-27-18)14-7-6-13(21)10-15(14)22/h1,3-4,6-7,9-10,16H,2,5,8H2/t16-/m0/s1. The number of likely N-dealkylation sites (tertiary alicyclic amines) is 1. The quantitative estimate of drug-likeness (QED) is 0.693. The number of nitrogens with zero attached hydrogens (tertiary/aromatic N) is 3. The molecule has 1 amide bonds. The van der Waals surface area contributed by atoms with Crippen LogP contribution in [0.2, 0.25) is 0 Å². The molecule has 0 radical (unpaired) electrons. The van der Waals surface area contributed by atoms with Crippen molar-refractivity contribution in [1.82, 2.24) is 15.0 Å². The van der Waals surface area contributed by atoms with E-state index in [0.717, 1.165) is 12.1 Å². The lowest BCUT2D eigenvalue weighted by molar-refractivity contribution is 0.0709. The molecular formula is C19H14F3N3O2. The van der Waals surface area contributed by atoms with E-state index in [4.69, 9.17) is 4.52 Å². The summed E-state index contributed by atoms with van der Waals surface area (Å²) in [6.45, 7) is 0.461. The largest absolute Gasteiger partial charge is 0.337 e. The van der Waals surface area contributed by atoms with E-state index >= 15 is 0 Å². The summed E-state index contributed by atoms with van der Waals surface area (Å²) < 4.78 is 45.7. The number of hydrogen-bond donors (Lipinski definition) is 0. The Morgan fingerprint density at radius 3 is 2.70 bits per heavy atom. The molecule has 1 saturated heterocycles. The van der Waals surface area contributed by atoms with Crippen LogP contribution in [0.5, 0.6) is 0 Å². The number of carbonyl (C=O) groups is 1. The molecule has 2 heterocycles. The molecule has 1 aromatic heterocycles. The van der Waals surface area contributed by atoms with Crippen molar-refractivity contribution >= 4 is 5.91 Å². The second-order valence-corrected chi connectivity index (χ2v) is 6.25. The predicted molar refractivity (Wildman–Crippen MR) is 89.1 cm³/mol. The molecule has 0 bridgehead atoms. The Hall–Kier alpha value is -3.16. The highest BCUT2D eigenvalue weighted by atomic mass is 19.1. The number of aromatic nitrogens is 2. The molecule has 1 aliphatic rings. The Morgan fingerprint density at radius 2 is 1.93 bits per heavy atom. The van der Waals surface area contributed by atoms with Crippen molar-refractivity contribution in [1.29, 1.82) is 0 Å². The molecule has 138 valence electrons. The smallest absolute Gasteiger partial charge is 0.254 e. The van der Waals surface area contributed by atoms with Crippen molar-refractivity contribution in [2.75, 3.05) is 6.54 Å². The average Bonchev–Trinajstić information content (AvgIpc) is 3.30. The predicted octanol–water partition coefficient (Wildman–Crippen LogP) is 4.13. The molecule has 0 spiro atoms. The van der Waals surface area contributed by atoms with Crippen LogP contribution in [0.4, 0.5) is 13.2 Å². The van der Waals surface area contributed by atoms with Crippen molar-refractivity contribution < 1.29 is 22.5 Å². The molecular weight excluding hydrogens is 359 g/mol. The average molecular weight is 373 g/mol. The minimum atomic E-state index is -0.804. The zero-order valence-corrected chi connectivity index (χ0v) is 14.0. The fourth-order valence-corrected chi connectivity index (χ4v) is 3.20. The monoisotopic (exact) mass is 373 g/mol. The molecule has 8 heteroatoms. The lowest BCUT2D eigenvalue weighted by Gasteiger charge is -2.21. The van der Waals surface area contributed by atoms with Crippen molar-refractivity contribution in [2.45, 2.75) is 18.9 Å². The van der Waals surface area contributed by atoms with Gasteiger partial charge in [-0.15, -0.1) is 0 Å². The van der Waals surface area contributed by atoms with Gasteiger partial charge in [-0.3, -0.25) is 4.79 Å². The van der Waals surface area contributed by atoms with Crippen LogP contribution in [0.1, 0.15) is 35.1 Å². The van der Waals surface area contributed by atoms with Crippen LogP contribution in [-0.4, -0.2) is 27.5 Å². The zero-order valence-electron chi connectivity index (χ0n) is 14.0. The van der Waals surface area contributed by atoms with Gasteiger partial charge in [0.1, 0.15) is 23.5 Å². The van der Waals surface area contributed by atoms with Crippen LogP contribution in [-0.2, 0) is 0 Å². The first-order valence-electron chi connectivity index (χ1n) is 8.38. The van der Waals surface area contributed by atoms with Crippen molar-refractivity contribution in [2.24, 2.45) is 0 Å².